The first-order valence-electron chi connectivity index (χ1n) is 8.46. The molecule has 4 rings (SSSR count). The number of aryl methyl sites for hydroxylation is 1. The topological polar surface area (TPSA) is 70.5 Å². The second-order valence-electron chi connectivity index (χ2n) is 6.63. The minimum Gasteiger partial charge on any atom is -0.285 e. The van der Waals surface area contributed by atoms with Crippen molar-refractivity contribution >= 4 is 12.1 Å². The van der Waals surface area contributed by atoms with Crippen molar-refractivity contribution in [2.75, 3.05) is 0 Å². The smallest absolute Gasteiger partial charge is 0.278 e. The second kappa shape index (κ2) is 6.48. The summed E-state index contributed by atoms with van der Waals surface area (Å²) in [7, 11) is 0. The number of hydrogen-bond acceptors (Lipinski definition) is 3. The highest BCUT2D eigenvalue weighted by molar-refractivity contribution is 5.96. The van der Waals surface area contributed by atoms with Gasteiger partial charge in [0, 0.05) is 36.9 Å². The fourth-order valence-electron chi connectivity index (χ4n) is 3.30. The maximum atomic E-state index is 13.5. The van der Waals surface area contributed by atoms with Gasteiger partial charge in [0.25, 0.3) is 11.5 Å². The van der Waals surface area contributed by atoms with Gasteiger partial charge < -0.3 is 0 Å². The normalized spacial score (nSPS) is 18.3. The lowest BCUT2D eigenvalue weighted by molar-refractivity contribution is -0.129. The molecule has 1 unspecified atom stereocenters. The number of nitrogens with one attached hydrogen (secondary N) is 1. The Kier molecular flexibility index (Phi) is 4.12. The SMILES string of the molecule is Cc1cc(=O)[nH]n1CC1=C=C(C(=O)N2N=CCC2c2cc(F)cc(F)c2)C1. The molecule has 0 spiro atoms. The molecule has 0 saturated carbocycles. The number of aromatic amines is 1. The minimum absolute atomic E-state index is 0.177. The van der Waals surface area contributed by atoms with Gasteiger partial charge >= 0.3 is 0 Å². The number of benzene rings is 1. The van der Waals surface area contributed by atoms with Crippen molar-refractivity contribution in [2.45, 2.75) is 32.4 Å². The number of amides is 1. The third-order valence-corrected chi connectivity index (χ3v) is 4.64. The van der Waals surface area contributed by atoms with Crippen molar-refractivity contribution in [2.24, 2.45) is 5.10 Å². The Bertz CT molecular complexity index is 1070. The maximum absolute atomic E-state index is 13.5. The zero-order valence-corrected chi connectivity index (χ0v) is 14.5. The molecule has 1 N–H and O–H groups in total. The van der Waals surface area contributed by atoms with Crippen LogP contribution in [0.2, 0.25) is 0 Å². The van der Waals surface area contributed by atoms with Crippen molar-refractivity contribution in [3.8, 4) is 0 Å². The van der Waals surface area contributed by atoms with E-state index in [4.69, 9.17) is 0 Å². The molecule has 0 fully saturated rings. The van der Waals surface area contributed by atoms with Crippen LogP contribution in [0, 0.1) is 18.6 Å². The van der Waals surface area contributed by atoms with Gasteiger partial charge in [0.15, 0.2) is 0 Å². The van der Waals surface area contributed by atoms with E-state index in [-0.39, 0.29) is 11.5 Å². The summed E-state index contributed by atoms with van der Waals surface area (Å²) in [6.07, 6.45) is 2.38. The lowest BCUT2D eigenvalue weighted by Gasteiger charge is -2.25. The fourth-order valence-corrected chi connectivity index (χ4v) is 3.30. The van der Waals surface area contributed by atoms with Crippen LogP contribution in [0.4, 0.5) is 8.78 Å². The Balaban J connectivity index is 1.54. The molecule has 0 radical (unpaired) electrons. The number of aromatic nitrogens is 2. The van der Waals surface area contributed by atoms with E-state index in [0.717, 1.165) is 17.3 Å². The number of nitrogens with zero attached hydrogens (tertiary/aromatic N) is 3. The van der Waals surface area contributed by atoms with E-state index < -0.39 is 17.7 Å². The van der Waals surface area contributed by atoms with Crippen molar-refractivity contribution in [3.05, 3.63) is 74.4 Å². The number of halogens is 2. The lowest BCUT2D eigenvalue weighted by Crippen LogP contribution is -2.30. The molecule has 1 aromatic heterocycles. The Morgan fingerprint density at radius 3 is 2.63 bits per heavy atom. The summed E-state index contributed by atoms with van der Waals surface area (Å²) < 4.78 is 28.7. The number of rotatable bonds is 4. The molecule has 2 aromatic rings. The van der Waals surface area contributed by atoms with Crippen LogP contribution in [0.25, 0.3) is 0 Å². The predicted molar refractivity (Wildman–Crippen MR) is 94.0 cm³/mol. The lowest BCUT2D eigenvalue weighted by atomic mass is 9.95. The molecule has 6 nitrogen and oxygen atoms in total. The monoisotopic (exact) mass is 370 g/mol. The van der Waals surface area contributed by atoms with Crippen molar-refractivity contribution in [3.63, 3.8) is 0 Å². The molecule has 1 atom stereocenters. The predicted octanol–water partition coefficient (Wildman–Crippen LogP) is 2.58. The standard InChI is InChI=1S/C19H16F2N4O2/c1-11-4-18(26)23-24(11)10-12-5-14(6-12)19(27)25-17(2-3-22-25)13-7-15(20)9-16(21)8-13/h3-4,7-9,17H,2,5,10H2,1H3,(H,23,26). The van der Waals surface area contributed by atoms with Crippen LogP contribution in [0.5, 0.6) is 0 Å². The highest BCUT2D eigenvalue weighted by Crippen LogP contribution is 2.33. The van der Waals surface area contributed by atoms with E-state index in [9.17, 15) is 18.4 Å². The summed E-state index contributed by atoms with van der Waals surface area (Å²) in [6.45, 7) is 2.27. The number of carbonyl (C=O) groups excluding carboxylic acids is 1. The quantitative estimate of drug-likeness (QED) is 0.841. The van der Waals surface area contributed by atoms with Gasteiger partial charge in [-0.2, -0.15) is 5.10 Å². The summed E-state index contributed by atoms with van der Waals surface area (Å²) in [5.41, 5.74) is 5.33. The fraction of sp³-hybridized carbons (Fsp3) is 0.263. The van der Waals surface area contributed by atoms with Crippen LogP contribution in [-0.4, -0.2) is 26.9 Å². The molecule has 138 valence electrons. The van der Waals surface area contributed by atoms with Crippen LogP contribution in [0.3, 0.4) is 0 Å². The van der Waals surface area contributed by atoms with Gasteiger partial charge in [-0.05, 0) is 30.2 Å². The van der Waals surface area contributed by atoms with E-state index in [2.05, 4.69) is 15.9 Å². The number of hydrogen-bond donors (Lipinski definition) is 1. The first-order valence-corrected chi connectivity index (χ1v) is 8.46. The van der Waals surface area contributed by atoms with Crippen LogP contribution in [-0.2, 0) is 11.3 Å². The average Bonchev–Trinajstić information content (AvgIpc) is 3.15. The Labute approximate surface area is 153 Å². The zero-order chi connectivity index (χ0) is 19.1. The first-order chi connectivity index (χ1) is 12.9. The van der Waals surface area contributed by atoms with Gasteiger partial charge in [-0.1, -0.05) is 0 Å². The molecule has 1 amide bonds. The Morgan fingerprint density at radius 1 is 1.30 bits per heavy atom. The van der Waals surface area contributed by atoms with E-state index >= 15 is 0 Å². The largest absolute Gasteiger partial charge is 0.285 e. The minimum atomic E-state index is -0.689. The summed E-state index contributed by atoms with van der Waals surface area (Å²) in [6, 6.07) is 4.18. The number of H-pyrrole nitrogens is 1. The summed E-state index contributed by atoms with van der Waals surface area (Å²) in [5, 5.41) is 8.00. The Morgan fingerprint density at radius 2 is 2.00 bits per heavy atom. The van der Waals surface area contributed by atoms with Crippen molar-refractivity contribution in [1.82, 2.24) is 14.8 Å². The Hall–Kier alpha value is -3.25. The van der Waals surface area contributed by atoms with E-state index in [1.165, 1.54) is 23.2 Å². The van der Waals surface area contributed by atoms with Gasteiger partial charge in [-0.3, -0.25) is 19.4 Å². The zero-order valence-electron chi connectivity index (χ0n) is 14.5. The third kappa shape index (κ3) is 3.27. The highest BCUT2D eigenvalue weighted by atomic mass is 19.1. The molecule has 8 heteroatoms. The number of hydrazone groups is 1. The molecular formula is C19H16F2N4O2. The molecule has 1 aromatic carbocycles. The number of carbonyl (C=O) groups is 1. The van der Waals surface area contributed by atoms with Crippen LogP contribution < -0.4 is 5.56 Å². The van der Waals surface area contributed by atoms with Gasteiger partial charge in [-0.25, -0.2) is 13.8 Å². The molecule has 27 heavy (non-hydrogen) atoms. The van der Waals surface area contributed by atoms with E-state index in [1.54, 1.807) is 10.9 Å². The van der Waals surface area contributed by atoms with Gasteiger partial charge in [-0.15, -0.1) is 5.73 Å². The molecular weight excluding hydrogens is 354 g/mol. The van der Waals surface area contributed by atoms with Gasteiger partial charge in [0.1, 0.15) is 11.6 Å². The highest BCUT2D eigenvalue weighted by Gasteiger charge is 2.32. The molecule has 2 heterocycles. The molecule has 0 saturated heterocycles. The van der Waals surface area contributed by atoms with Gasteiger partial charge in [0.05, 0.1) is 18.2 Å². The first kappa shape index (κ1) is 17.2. The summed E-state index contributed by atoms with van der Waals surface area (Å²) in [4.78, 5) is 24.0. The third-order valence-electron chi connectivity index (χ3n) is 4.64. The summed E-state index contributed by atoms with van der Waals surface area (Å²) in [5.74, 6) is -1.71. The van der Waals surface area contributed by atoms with Crippen LogP contribution >= 0.6 is 0 Å². The molecule has 1 aliphatic carbocycles. The van der Waals surface area contributed by atoms with Crippen LogP contribution in [0.15, 0.2) is 51.0 Å². The molecule has 2 aliphatic rings. The average molecular weight is 370 g/mol. The second-order valence-corrected chi connectivity index (χ2v) is 6.63. The maximum Gasteiger partial charge on any atom is 0.278 e. The molecule has 1 aliphatic heterocycles. The van der Waals surface area contributed by atoms with Crippen molar-refractivity contribution in [1.29, 1.82) is 0 Å². The van der Waals surface area contributed by atoms with E-state index in [1.807, 2.05) is 6.92 Å². The van der Waals surface area contributed by atoms with Crippen LogP contribution in [0.1, 0.15) is 30.1 Å². The van der Waals surface area contributed by atoms with Crippen molar-refractivity contribution < 1.29 is 13.6 Å². The van der Waals surface area contributed by atoms with E-state index in [0.29, 0.717) is 30.5 Å². The van der Waals surface area contributed by atoms with Gasteiger partial charge in [0.2, 0.25) is 0 Å². The summed E-state index contributed by atoms with van der Waals surface area (Å²) >= 11 is 0. The molecule has 0 bridgehead atoms.